The van der Waals surface area contributed by atoms with Gasteiger partial charge in [-0.3, -0.25) is 0 Å². The summed E-state index contributed by atoms with van der Waals surface area (Å²) in [7, 11) is 0. The average molecular weight is 440 g/mol. The fourth-order valence-corrected chi connectivity index (χ4v) is 4.59. The van der Waals surface area contributed by atoms with Gasteiger partial charge in [0.2, 0.25) is 0 Å². The molecule has 2 aromatic heterocycles. The molecule has 2 heteroatoms. The Labute approximate surface area is 197 Å². The second-order valence-corrected chi connectivity index (χ2v) is 11.7. The normalized spacial score (nSPS) is 12.2. The summed E-state index contributed by atoms with van der Waals surface area (Å²) in [5.74, 6) is 0. The zero-order valence-electron chi connectivity index (χ0n) is 20.3. The topological polar surface area (TPSA) is 12.9 Å². The van der Waals surface area contributed by atoms with Crippen LogP contribution in [-0.2, 0) is 10.8 Å². The molecule has 1 nitrogen and oxygen atoms in total. The Kier molecular flexibility index (Phi) is 5.85. The van der Waals surface area contributed by atoms with Crippen molar-refractivity contribution in [2.24, 2.45) is 0 Å². The Hall–Kier alpha value is -2.71. The van der Waals surface area contributed by atoms with Crippen LogP contribution in [0.5, 0.6) is 0 Å². The maximum Gasteiger partial charge on any atom is 0.0815 e. The van der Waals surface area contributed by atoms with Crippen molar-refractivity contribution < 1.29 is 0 Å². The number of pyridine rings is 1. The summed E-state index contributed by atoms with van der Waals surface area (Å²) in [6, 6.07) is 24.4. The first-order valence-corrected chi connectivity index (χ1v) is 12.2. The molecule has 0 spiro atoms. The molecule has 0 bridgehead atoms. The molecule has 0 aliphatic rings. The van der Waals surface area contributed by atoms with Crippen molar-refractivity contribution in [1.29, 1.82) is 0 Å². The van der Waals surface area contributed by atoms with E-state index in [1.54, 1.807) is 11.3 Å². The standard InChI is InChI=1S/C30H33NS/c1-20-11-8-9-12-25(20)26-17-22(18-27(31-26)28-13-10-14-32-28)21-15-23(29(2,3)4)19-24(16-21)30(5,6)7/h8-19H,1-7H3. The lowest BCUT2D eigenvalue weighted by Crippen LogP contribution is -2.16. The van der Waals surface area contributed by atoms with E-state index >= 15 is 0 Å². The number of nitrogens with zero attached hydrogens (tertiary/aromatic N) is 1. The van der Waals surface area contributed by atoms with Gasteiger partial charge in [-0.15, -0.1) is 11.3 Å². The highest BCUT2D eigenvalue weighted by molar-refractivity contribution is 7.13. The molecule has 0 unspecified atom stereocenters. The SMILES string of the molecule is Cc1ccccc1-c1cc(-c2cc(C(C)(C)C)cc(C(C)(C)C)c2)cc(-c2cccs2)n1. The van der Waals surface area contributed by atoms with E-state index < -0.39 is 0 Å². The molecule has 4 rings (SSSR count). The van der Waals surface area contributed by atoms with Crippen molar-refractivity contribution in [2.45, 2.75) is 59.3 Å². The molecule has 4 aromatic rings. The van der Waals surface area contributed by atoms with Gasteiger partial charge in [0, 0.05) is 5.56 Å². The highest BCUT2D eigenvalue weighted by atomic mass is 32.1. The Morgan fingerprint density at radius 3 is 1.81 bits per heavy atom. The van der Waals surface area contributed by atoms with Crippen LogP contribution in [0.15, 0.2) is 72.1 Å². The van der Waals surface area contributed by atoms with E-state index in [1.165, 1.54) is 38.3 Å². The lowest BCUT2D eigenvalue weighted by molar-refractivity contribution is 0.569. The third-order valence-corrected chi connectivity index (χ3v) is 6.91. The van der Waals surface area contributed by atoms with Crippen molar-refractivity contribution in [1.82, 2.24) is 4.98 Å². The largest absolute Gasteiger partial charge is 0.247 e. The monoisotopic (exact) mass is 439 g/mol. The minimum atomic E-state index is 0.0818. The summed E-state index contributed by atoms with van der Waals surface area (Å²) in [4.78, 5) is 6.28. The molecule has 0 aliphatic heterocycles. The molecule has 0 radical (unpaired) electrons. The molecule has 0 amide bonds. The molecular formula is C30H33NS. The van der Waals surface area contributed by atoms with E-state index in [9.17, 15) is 0 Å². The van der Waals surface area contributed by atoms with Crippen molar-refractivity contribution in [3.05, 3.63) is 88.8 Å². The first-order valence-electron chi connectivity index (χ1n) is 11.3. The van der Waals surface area contributed by atoms with Gasteiger partial charge in [-0.2, -0.15) is 0 Å². The Balaban J connectivity index is 1.98. The molecule has 0 saturated heterocycles. The lowest BCUT2D eigenvalue weighted by atomic mass is 9.79. The molecule has 0 N–H and O–H groups in total. The number of rotatable bonds is 3. The minimum Gasteiger partial charge on any atom is -0.247 e. The van der Waals surface area contributed by atoms with E-state index in [1.807, 2.05) is 0 Å². The third-order valence-electron chi connectivity index (χ3n) is 6.02. The minimum absolute atomic E-state index is 0.0818. The van der Waals surface area contributed by atoms with Crippen LogP contribution < -0.4 is 0 Å². The van der Waals surface area contributed by atoms with Gasteiger partial charge >= 0.3 is 0 Å². The van der Waals surface area contributed by atoms with Gasteiger partial charge in [0.05, 0.1) is 16.3 Å². The van der Waals surface area contributed by atoms with Crippen molar-refractivity contribution >= 4 is 11.3 Å². The van der Waals surface area contributed by atoms with Crippen LogP contribution in [0, 0.1) is 6.92 Å². The van der Waals surface area contributed by atoms with Crippen molar-refractivity contribution in [3.63, 3.8) is 0 Å². The second kappa shape index (κ2) is 8.33. The summed E-state index contributed by atoms with van der Waals surface area (Å²) in [6.45, 7) is 15.9. The molecular weight excluding hydrogens is 406 g/mol. The van der Waals surface area contributed by atoms with Crippen molar-refractivity contribution in [3.8, 4) is 33.0 Å². The smallest absolute Gasteiger partial charge is 0.0815 e. The highest BCUT2D eigenvalue weighted by Gasteiger charge is 2.21. The molecule has 2 aromatic carbocycles. The highest BCUT2D eigenvalue weighted by Crippen LogP contribution is 2.37. The number of hydrogen-bond donors (Lipinski definition) is 0. The van der Waals surface area contributed by atoms with Gasteiger partial charge < -0.3 is 0 Å². The average Bonchev–Trinajstić information content (AvgIpc) is 3.27. The summed E-state index contributed by atoms with van der Waals surface area (Å²) >= 11 is 1.74. The van der Waals surface area contributed by atoms with Crippen LogP contribution in [0.25, 0.3) is 33.0 Å². The fourth-order valence-electron chi connectivity index (χ4n) is 3.91. The lowest BCUT2D eigenvalue weighted by Gasteiger charge is -2.26. The summed E-state index contributed by atoms with van der Waals surface area (Å²) in [6.07, 6.45) is 0. The number of aromatic nitrogens is 1. The van der Waals surface area contributed by atoms with Gasteiger partial charge in [-0.05, 0) is 69.2 Å². The molecule has 2 heterocycles. The van der Waals surface area contributed by atoms with Crippen LogP contribution in [0.2, 0.25) is 0 Å². The van der Waals surface area contributed by atoms with Gasteiger partial charge in [-0.25, -0.2) is 4.98 Å². The van der Waals surface area contributed by atoms with Crippen LogP contribution in [0.1, 0.15) is 58.2 Å². The predicted molar refractivity (Wildman–Crippen MR) is 141 cm³/mol. The van der Waals surface area contributed by atoms with E-state index in [4.69, 9.17) is 4.98 Å². The third kappa shape index (κ3) is 4.71. The van der Waals surface area contributed by atoms with Crippen LogP contribution >= 0.6 is 11.3 Å². The molecule has 32 heavy (non-hydrogen) atoms. The zero-order chi connectivity index (χ0) is 23.1. The Morgan fingerprint density at radius 2 is 1.25 bits per heavy atom. The van der Waals surface area contributed by atoms with Crippen molar-refractivity contribution in [2.75, 3.05) is 0 Å². The fraction of sp³-hybridized carbons (Fsp3) is 0.300. The van der Waals surface area contributed by atoms with E-state index in [-0.39, 0.29) is 10.8 Å². The van der Waals surface area contributed by atoms with Crippen LogP contribution in [0.3, 0.4) is 0 Å². The van der Waals surface area contributed by atoms with E-state index in [2.05, 4.69) is 121 Å². The number of aryl methyl sites for hydroxylation is 1. The Bertz CT molecular complexity index is 1200. The molecule has 0 atom stereocenters. The van der Waals surface area contributed by atoms with Gasteiger partial charge in [0.25, 0.3) is 0 Å². The first-order chi connectivity index (χ1) is 15.0. The molecule has 0 aliphatic carbocycles. The zero-order valence-corrected chi connectivity index (χ0v) is 21.1. The van der Waals surface area contributed by atoms with Crippen LogP contribution in [0.4, 0.5) is 0 Å². The summed E-state index contributed by atoms with van der Waals surface area (Å²) in [5.41, 5.74) is 9.88. The van der Waals surface area contributed by atoms with E-state index in [0.717, 1.165) is 11.4 Å². The molecule has 0 fully saturated rings. The number of benzene rings is 2. The Morgan fingerprint density at radius 1 is 0.656 bits per heavy atom. The van der Waals surface area contributed by atoms with E-state index in [0.29, 0.717) is 0 Å². The maximum atomic E-state index is 5.09. The van der Waals surface area contributed by atoms with Crippen LogP contribution in [-0.4, -0.2) is 4.98 Å². The van der Waals surface area contributed by atoms with Gasteiger partial charge in [0.15, 0.2) is 0 Å². The predicted octanol–water partition coefficient (Wildman–Crippen LogP) is 9.05. The maximum absolute atomic E-state index is 5.09. The first kappa shape index (κ1) is 22.5. The van der Waals surface area contributed by atoms with Gasteiger partial charge in [0.1, 0.15) is 0 Å². The summed E-state index contributed by atoms with van der Waals surface area (Å²) < 4.78 is 0. The number of hydrogen-bond acceptors (Lipinski definition) is 2. The quantitative estimate of drug-likeness (QED) is 0.310. The number of thiophene rings is 1. The molecule has 0 saturated carbocycles. The summed E-state index contributed by atoms with van der Waals surface area (Å²) in [5, 5.41) is 2.12. The van der Waals surface area contributed by atoms with Gasteiger partial charge in [-0.1, -0.05) is 90.1 Å². The molecule has 164 valence electrons. The second-order valence-electron chi connectivity index (χ2n) is 10.7.